The monoisotopic (exact) mass is 608 g/mol. The van der Waals surface area contributed by atoms with E-state index in [2.05, 4.69) is 71.1 Å². The lowest BCUT2D eigenvalue weighted by Crippen LogP contribution is -2.47. The predicted octanol–water partition coefficient (Wildman–Crippen LogP) is 4.91. The Hall–Kier alpha value is -4.35. The Morgan fingerprint density at radius 1 is 1.11 bits per heavy atom. The highest BCUT2D eigenvalue weighted by Gasteiger charge is 2.27. The number of hydrogen-bond donors (Lipinski definition) is 2. The molecule has 1 fully saturated rings. The highest BCUT2D eigenvalue weighted by molar-refractivity contribution is 5.89. The van der Waals surface area contributed by atoms with E-state index < -0.39 is 0 Å². The maximum absolute atomic E-state index is 12.0. The third-order valence-electron chi connectivity index (χ3n) is 6.51. The van der Waals surface area contributed by atoms with Crippen LogP contribution in [-0.4, -0.2) is 82.5 Å². The number of benzene rings is 1. The molecule has 11 nitrogen and oxygen atoms in total. The number of carbonyl (C=O) groups excluding carboxylic acids is 3. The van der Waals surface area contributed by atoms with E-state index in [0.717, 1.165) is 51.0 Å². The van der Waals surface area contributed by atoms with Gasteiger partial charge in [-0.15, -0.1) is 13.2 Å². The van der Waals surface area contributed by atoms with Crippen LogP contribution in [0, 0.1) is 0 Å². The highest BCUT2D eigenvalue weighted by atomic mass is 16.6. The van der Waals surface area contributed by atoms with Crippen molar-refractivity contribution in [1.29, 1.82) is 0 Å². The van der Waals surface area contributed by atoms with E-state index in [1.807, 2.05) is 18.7 Å². The van der Waals surface area contributed by atoms with Crippen LogP contribution in [0.25, 0.3) is 0 Å². The second-order valence-electron chi connectivity index (χ2n) is 9.86. The number of aliphatic hydroxyl groups is 1. The molecular formula is C33H48N6O5. The minimum absolute atomic E-state index is 0.00354. The standard InChI is InChI=1S/C24H30N6O3.C5H8O.C3H6.CH4O/c1-4-21(31)29-12-10-28(11-13-29)15-18-6-8-19(9-7-18)17(3)26-23-25-14-20-16-33-24(32)30(5-2)22(20)27-23;1-3-4-5(2)6;1-3-2;1-2/h4,6-9,14,17H,1,5,10-13,15-16H2,2-3H3,(H,25,26,27);3H,1,4H2,2H3;3H,1H2,2H3;2H,1H3. The van der Waals surface area contributed by atoms with E-state index in [4.69, 9.17) is 9.84 Å². The summed E-state index contributed by atoms with van der Waals surface area (Å²) in [5, 5.41) is 10.3. The third-order valence-corrected chi connectivity index (χ3v) is 6.51. The Morgan fingerprint density at radius 2 is 1.73 bits per heavy atom. The van der Waals surface area contributed by atoms with Crippen molar-refractivity contribution in [3.05, 3.63) is 85.1 Å². The number of rotatable bonds is 9. The molecule has 1 saturated heterocycles. The molecule has 0 spiro atoms. The molecule has 2 N–H and O–H groups in total. The number of amides is 2. The van der Waals surface area contributed by atoms with Gasteiger partial charge in [0, 0.05) is 59.0 Å². The fraction of sp³-hybridized carbons (Fsp3) is 0.424. The highest BCUT2D eigenvalue weighted by Crippen LogP contribution is 2.26. The zero-order valence-corrected chi connectivity index (χ0v) is 26.8. The molecule has 0 radical (unpaired) electrons. The molecule has 4 rings (SSSR count). The van der Waals surface area contributed by atoms with Crippen molar-refractivity contribution in [1.82, 2.24) is 19.8 Å². The van der Waals surface area contributed by atoms with Crippen molar-refractivity contribution in [3.63, 3.8) is 0 Å². The van der Waals surface area contributed by atoms with Crippen molar-refractivity contribution < 1.29 is 24.2 Å². The van der Waals surface area contributed by atoms with Crippen LogP contribution in [0.5, 0.6) is 0 Å². The van der Waals surface area contributed by atoms with E-state index in [0.29, 0.717) is 24.7 Å². The molecule has 0 bridgehead atoms. The Bertz CT molecular complexity index is 1230. The van der Waals surface area contributed by atoms with Crippen LogP contribution in [0.2, 0.25) is 0 Å². The van der Waals surface area contributed by atoms with Gasteiger partial charge in [-0.1, -0.05) is 43.0 Å². The van der Waals surface area contributed by atoms with Crippen LogP contribution in [0.15, 0.2) is 68.4 Å². The van der Waals surface area contributed by atoms with Gasteiger partial charge in [-0.2, -0.15) is 4.98 Å². The van der Waals surface area contributed by atoms with Gasteiger partial charge in [0.1, 0.15) is 18.2 Å². The van der Waals surface area contributed by atoms with Gasteiger partial charge >= 0.3 is 6.09 Å². The number of cyclic esters (lactones) is 1. The van der Waals surface area contributed by atoms with Gasteiger partial charge in [0.25, 0.3) is 0 Å². The number of ether oxygens (including phenoxy) is 1. The summed E-state index contributed by atoms with van der Waals surface area (Å²) in [5.41, 5.74) is 3.15. The maximum atomic E-state index is 12.0. The van der Waals surface area contributed by atoms with Crippen LogP contribution >= 0.6 is 0 Å². The summed E-state index contributed by atoms with van der Waals surface area (Å²) >= 11 is 0. The Balaban J connectivity index is 0.000000765. The number of nitrogens with one attached hydrogen (secondary N) is 1. The van der Waals surface area contributed by atoms with Crippen LogP contribution in [-0.2, 0) is 27.5 Å². The van der Waals surface area contributed by atoms with E-state index in [9.17, 15) is 14.4 Å². The first kappa shape index (κ1) is 37.7. The second-order valence-corrected chi connectivity index (χ2v) is 9.86. The molecule has 0 aliphatic carbocycles. The lowest BCUT2D eigenvalue weighted by Gasteiger charge is -2.34. The van der Waals surface area contributed by atoms with Gasteiger partial charge in [0.2, 0.25) is 11.9 Å². The normalized spacial score (nSPS) is 14.4. The van der Waals surface area contributed by atoms with Crippen LogP contribution in [0.4, 0.5) is 16.6 Å². The van der Waals surface area contributed by atoms with Crippen LogP contribution < -0.4 is 10.2 Å². The molecular weight excluding hydrogens is 560 g/mol. The molecule has 2 amide bonds. The van der Waals surface area contributed by atoms with Gasteiger partial charge in [0.15, 0.2) is 0 Å². The fourth-order valence-corrected chi connectivity index (χ4v) is 4.29. The average Bonchev–Trinajstić information content (AvgIpc) is 3.03. The van der Waals surface area contributed by atoms with E-state index in [-0.39, 0.29) is 30.4 Å². The van der Waals surface area contributed by atoms with Crippen molar-refractivity contribution in [2.24, 2.45) is 0 Å². The molecule has 44 heavy (non-hydrogen) atoms. The number of anilines is 2. The molecule has 11 heteroatoms. The molecule has 0 saturated carbocycles. The number of aliphatic hydroxyl groups excluding tert-OH is 1. The van der Waals surface area contributed by atoms with E-state index >= 15 is 0 Å². The number of ketones is 1. The van der Waals surface area contributed by atoms with E-state index in [1.165, 1.54) is 16.5 Å². The van der Waals surface area contributed by atoms with Crippen molar-refractivity contribution in [3.8, 4) is 0 Å². The first-order valence-corrected chi connectivity index (χ1v) is 14.6. The van der Waals surface area contributed by atoms with Gasteiger partial charge < -0.3 is 20.1 Å². The zero-order valence-electron chi connectivity index (χ0n) is 26.8. The molecule has 3 heterocycles. The average molecular weight is 609 g/mol. The largest absolute Gasteiger partial charge is 0.444 e. The minimum atomic E-state index is -0.382. The first-order chi connectivity index (χ1) is 21.2. The number of hydrogen-bond acceptors (Lipinski definition) is 9. The van der Waals surface area contributed by atoms with Crippen molar-refractivity contribution in [2.75, 3.05) is 50.1 Å². The van der Waals surface area contributed by atoms with Gasteiger partial charge in [0.05, 0.1) is 11.6 Å². The predicted molar refractivity (Wildman–Crippen MR) is 175 cm³/mol. The number of piperazine rings is 1. The van der Waals surface area contributed by atoms with Gasteiger partial charge in [-0.05, 0) is 44.9 Å². The molecule has 2 aromatic rings. The SMILES string of the molecule is C=CC.C=CC(=O)N1CCN(Cc2ccc(C(C)Nc3ncc4c(n3)N(CC)C(=O)OC4)cc2)CC1.C=CCC(C)=O.CO. The number of fused-ring (bicyclic) bond motifs is 1. The molecule has 2 aliphatic rings. The van der Waals surface area contributed by atoms with Crippen LogP contribution in [0.3, 0.4) is 0 Å². The summed E-state index contributed by atoms with van der Waals surface area (Å²) in [6.07, 6.45) is 6.55. The number of Topliss-reactive ketones (excluding diaryl/α,β-unsaturated/α-hetero) is 1. The molecule has 2 aliphatic heterocycles. The number of carbonyl (C=O) groups is 3. The number of nitrogens with zero attached hydrogens (tertiary/aromatic N) is 5. The quantitative estimate of drug-likeness (QED) is 0.301. The summed E-state index contributed by atoms with van der Waals surface area (Å²) in [6.45, 7) is 22.4. The third kappa shape index (κ3) is 12.1. The van der Waals surface area contributed by atoms with Gasteiger partial charge in [-0.3, -0.25) is 19.4 Å². The first-order valence-electron chi connectivity index (χ1n) is 14.6. The second kappa shape index (κ2) is 20.5. The number of aromatic nitrogens is 2. The number of allylic oxidation sites excluding steroid dienone is 2. The zero-order chi connectivity index (χ0) is 33.1. The van der Waals surface area contributed by atoms with E-state index in [1.54, 1.807) is 25.3 Å². The molecule has 1 unspecified atom stereocenters. The van der Waals surface area contributed by atoms with Crippen molar-refractivity contribution >= 4 is 29.5 Å². The van der Waals surface area contributed by atoms with Gasteiger partial charge in [-0.25, -0.2) is 9.78 Å². The summed E-state index contributed by atoms with van der Waals surface area (Å²) in [7, 11) is 1.00. The molecule has 1 atom stereocenters. The Labute approximate surface area is 261 Å². The molecule has 1 aromatic carbocycles. The maximum Gasteiger partial charge on any atom is 0.415 e. The lowest BCUT2D eigenvalue weighted by atomic mass is 10.1. The minimum Gasteiger partial charge on any atom is -0.444 e. The Kier molecular flexibility index (Phi) is 17.6. The molecule has 240 valence electrons. The van der Waals surface area contributed by atoms with Crippen molar-refractivity contribution in [2.45, 2.75) is 53.3 Å². The Morgan fingerprint density at radius 3 is 2.23 bits per heavy atom. The lowest BCUT2D eigenvalue weighted by molar-refractivity contribution is -0.127. The smallest absolute Gasteiger partial charge is 0.415 e. The summed E-state index contributed by atoms with van der Waals surface area (Å²) in [5.74, 6) is 1.25. The summed E-state index contributed by atoms with van der Waals surface area (Å²) < 4.78 is 5.15. The fourth-order valence-electron chi connectivity index (χ4n) is 4.29. The topological polar surface area (TPSA) is 128 Å². The summed E-state index contributed by atoms with van der Waals surface area (Å²) in [4.78, 5) is 48.3. The summed E-state index contributed by atoms with van der Waals surface area (Å²) in [6, 6.07) is 8.49. The molecule has 1 aromatic heterocycles. The van der Waals surface area contributed by atoms with Crippen LogP contribution in [0.1, 0.15) is 56.8 Å².